The van der Waals surface area contributed by atoms with Crippen molar-refractivity contribution in [2.45, 2.75) is 70.6 Å². The number of aliphatic hydroxyl groups is 3. The standard InChI is InChI=1S/C29H40N2O6/c1-3-15-11-17-12-19-18-5-4-6-23(35)30-10-9-21(33)27-28(36)26(29(37)31-27)20(32)8-7-16(18)13-22(34)25(19)24(17)14(15)2/h4,6-8,14-19,21-22,24-25,27,32-34H,3,5,9-13H2,1-2H3,(H,30,35)(H,31,37)/b6-4-,8-7-,26-20-/t14-,15-,16+,17+,18-,19+,21+,22-,24+,25-,27-/m0/s1. The molecule has 2 heterocycles. The molecular formula is C29H40N2O6. The number of Topliss-reactive ketones (excluding diaryl/α,β-unsaturated/α-hetero) is 1. The van der Waals surface area contributed by atoms with Gasteiger partial charge in [0.15, 0.2) is 5.78 Å². The van der Waals surface area contributed by atoms with Crippen LogP contribution in [0.5, 0.6) is 0 Å². The maximum Gasteiger partial charge on any atom is 0.259 e. The van der Waals surface area contributed by atoms with Crippen molar-refractivity contribution >= 4 is 17.6 Å². The average molecular weight is 513 g/mol. The molecule has 2 amide bonds. The molecule has 37 heavy (non-hydrogen) atoms. The minimum Gasteiger partial charge on any atom is -0.507 e. The average Bonchev–Trinajstić information content (AvgIpc) is 3.48. The summed E-state index contributed by atoms with van der Waals surface area (Å²) < 4.78 is 0. The number of nitrogens with one attached hydrogen (secondary N) is 2. The van der Waals surface area contributed by atoms with Gasteiger partial charge in [0.2, 0.25) is 5.91 Å². The summed E-state index contributed by atoms with van der Waals surface area (Å²) in [4.78, 5) is 37.7. The van der Waals surface area contributed by atoms with Gasteiger partial charge < -0.3 is 26.0 Å². The highest BCUT2D eigenvalue weighted by Gasteiger charge is 2.58. The van der Waals surface area contributed by atoms with Crippen LogP contribution in [0.3, 0.4) is 0 Å². The van der Waals surface area contributed by atoms with E-state index in [0.29, 0.717) is 42.4 Å². The number of ketones is 1. The minimum atomic E-state index is -1.19. The first-order valence-electron chi connectivity index (χ1n) is 14.0. The lowest BCUT2D eigenvalue weighted by Crippen LogP contribution is -2.43. The van der Waals surface area contributed by atoms with Crippen molar-refractivity contribution in [3.63, 3.8) is 0 Å². The third kappa shape index (κ3) is 4.67. The fourth-order valence-corrected chi connectivity index (χ4v) is 8.51. The molecule has 0 aromatic rings. The zero-order valence-electron chi connectivity index (χ0n) is 21.7. The van der Waals surface area contributed by atoms with Gasteiger partial charge in [-0.1, -0.05) is 32.4 Å². The number of carbonyl (C=O) groups excluding carboxylic acids is 3. The summed E-state index contributed by atoms with van der Waals surface area (Å²) in [6.07, 6.45) is 9.79. The second kappa shape index (κ2) is 10.4. The minimum absolute atomic E-state index is 0.0725. The van der Waals surface area contributed by atoms with Gasteiger partial charge in [0.1, 0.15) is 17.4 Å². The van der Waals surface area contributed by atoms with Crippen LogP contribution in [0.4, 0.5) is 0 Å². The SMILES string of the molecule is CC[C@H]1C[C@@H]2C[C@@H]3[C@H]4C/C=C\C(=O)NCC[C@@H](O)[C@@H]5NC(=O)/C(=C(O)/C=C\[C@@H]4C[C@H](O)[C@H]3[C@@H]2[C@H]1C)C5=O. The van der Waals surface area contributed by atoms with Gasteiger partial charge in [0.05, 0.1) is 12.2 Å². The van der Waals surface area contributed by atoms with Crippen molar-refractivity contribution in [2.75, 3.05) is 6.54 Å². The van der Waals surface area contributed by atoms with Gasteiger partial charge in [-0.3, -0.25) is 14.4 Å². The highest BCUT2D eigenvalue weighted by Crippen LogP contribution is 2.62. The number of hydrogen-bond acceptors (Lipinski definition) is 6. The molecule has 4 fully saturated rings. The first-order chi connectivity index (χ1) is 17.7. The number of aliphatic hydroxyl groups excluding tert-OH is 3. The predicted molar refractivity (Wildman–Crippen MR) is 137 cm³/mol. The molecule has 202 valence electrons. The number of allylic oxidation sites excluding steroid dienone is 3. The normalized spacial score (nSPS) is 48.0. The summed E-state index contributed by atoms with van der Waals surface area (Å²) in [6.45, 7) is 4.76. The van der Waals surface area contributed by atoms with Crippen LogP contribution in [0.15, 0.2) is 35.6 Å². The maximum atomic E-state index is 12.8. The zero-order valence-corrected chi connectivity index (χ0v) is 21.7. The van der Waals surface area contributed by atoms with E-state index in [2.05, 4.69) is 24.5 Å². The molecule has 3 aliphatic carbocycles. The van der Waals surface area contributed by atoms with Crippen LogP contribution >= 0.6 is 0 Å². The second-order valence-corrected chi connectivity index (χ2v) is 11.9. The number of hydrogen-bond donors (Lipinski definition) is 5. The summed E-state index contributed by atoms with van der Waals surface area (Å²) in [5.41, 5.74) is -0.350. The molecule has 11 atom stereocenters. The monoisotopic (exact) mass is 512 g/mol. The maximum absolute atomic E-state index is 12.8. The Kier molecular flexibility index (Phi) is 7.33. The van der Waals surface area contributed by atoms with Crippen molar-refractivity contribution in [1.29, 1.82) is 0 Å². The van der Waals surface area contributed by atoms with Gasteiger partial charge in [0.25, 0.3) is 5.91 Å². The van der Waals surface area contributed by atoms with Gasteiger partial charge in [0, 0.05) is 6.54 Å². The number of carbonyl (C=O) groups is 3. The highest BCUT2D eigenvalue weighted by atomic mass is 16.3. The summed E-state index contributed by atoms with van der Waals surface area (Å²) in [5, 5.41) is 37.7. The van der Waals surface area contributed by atoms with Gasteiger partial charge in [-0.15, -0.1) is 0 Å². The third-order valence-electron chi connectivity index (χ3n) is 10.2. The molecule has 2 bridgehead atoms. The number of fused-ring (bicyclic) bond motifs is 7. The molecule has 0 aromatic carbocycles. The number of rotatable bonds is 1. The molecule has 0 unspecified atom stereocenters. The predicted octanol–water partition coefficient (Wildman–Crippen LogP) is 2.18. The zero-order chi connectivity index (χ0) is 26.4. The molecule has 5 N–H and O–H groups in total. The van der Waals surface area contributed by atoms with Crippen molar-refractivity contribution in [3.05, 3.63) is 35.6 Å². The largest absolute Gasteiger partial charge is 0.507 e. The van der Waals surface area contributed by atoms with E-state index in [1.807, 2.05) is 12.2 Å². The Morgan fingerprint density at radius 1 is 1.00 bits per heavy atom. The first-order valence-corrected chi connectivity index (χ1v) is 14.0. The van der Waals surface area contributed by atoms with E-state index in [9.17, 15) is 29.7 Å². The molecule has 0 aromatic heterocycles. The van der Waals surface area contributed by atoms with E-state index in [4.69, 9.17) is 0 Å². The van der Waals surface area contributed by atoms with Crippen molar-refractivity contribution in [3.8, 4) is 0 Å². The Morgan fingerprint density at radius 2 is 1.78 bits per heavy atom. The molecule has 8 nitrogen and oxygen atoms in total. The molecule has 3 saturated carbocycles. The number of amides is 2. The fraction of sp³-hybridized carbons (Fsp3) is 0.690. The smallest absolute Gasteiger partial charge is 0.259 e. The molecule has 1 saturated heterocycles. The summed E-state index contributed by atoms with van der Waals surface area (Å²) in [6, 6.07) is -1.16. The van der Waals surface area contributed by atoms with E-state index in [0.717, 1.165) is 6.42 Å². The van der Waals surface area contributed by atoms with Crippen LogP contribution in [0.2, 0.25) is 0 Å². The summed E-state index contributed by atoms with van der Waals surface area (Å²) in [5.74, 6) is 1.03. The second-order valence-electron chi connectivity index (χ2n) is 11.9. The van der Waals surface area contributed by atoms with Crippen molar-refractivity contribution in [2.24, 2.45) is 47.3 Å². The molecular weight excluding hydrogens is 472 g/mol. The lowest BCUT2D eigenvalue weighted by molar-refractivity contribution is -0.118. The molecule has 0 spiro atoms. The highest BCUT2D eigenvalue weighted by molar-refractivity contribution is 6.27. The Morgan fingerprint density at radius 3 is 2.54 bits per heavy atom. The van der Waals surface area contributed by atoms with Crippen LogP contribution in [-0.2, 0) is 14.4 Å². The van der Waals surface area contributed by atoms with E-state index >= 15 is 0 Å². The summed E-state index contributed by atoms with van der Waals surface area (Å²) in [7, 11) is 0. The fourth-order valence-electron chi connectivity index (χ4n) is 8.51. The van der Waals surface area contributed by atoms with Gasteiger partial charge in [-0.2, -0.15) is 0 Å². The Balaban J connectivity index is 1.47. The Labute approximate surface area is 218 Å². The van der Waals surface area contributed by atoms with E-state index in [-0.39, 0.29) is 42.2 Å². The van der Waals surface area contributed by atoms with Crippen LogP contribution in [0, 0.1) is 47.3 Å². The van der Waals surface area contributed by atoms with Crippen LogP contribution < -0.4 is 10.6 Å². The first kappa shape index (κ1) is 26.2. The van der Waals surface area contributed by atoms with E-state index in [1.165, 1.54) is 25.0 Å². The summed E-state index contributed by atoms with van der Waals surface area (Å²) >= 11 is 0. The van der Waals surface area contributed by atoms with Crippen molar-refractivity contribution in [1.82, 2.24) is 10.6 Å². The van der Waals surface area contributed by atoms with Crippen LogP contribution in [0.1, 0.15) is 52.4 Å². The van der Waals surface area contributed by atoms with Gasteiger partial charge in [-0.25, -0.2) is 0 Å². The van der Waals surface area contributed by atoms with E-state index in [1.54, 1.807) is 0 Å². The molecule has 2 aliphatic heterocycles. The molecule has 5 rings (SSSR count). The Hall–Kier alpha value is -2.45. The van der Waals surface area contributed by atoms with Gasteiger partial charge in [-0.05, 0) is 91.6 Å². The van der Waals surface area contributed by atoms with Crippen LogP contribution in [0.25, 0.3) is 0 Å². The molecule has 0 radical (unpaired) electrons. The Bertz CT molecular complexity index is 1030. The quantitative estimate of drug-likeness (QED) is 0.342. The van der Waals surface area contributed by atoms with Gasteiger partial charge >= 0.3 is 0 Å². The topological polar surface area (TPSA) is 136 Å². The van der Waals surface area contributed by atoms with Crippen molar-refractivity contribution < 1.29 is 29.7 Å². The lowest BCUT2D eigenvalue weighted by atomic mass is 9.62. The molecule has 8 heteroatoms. The molecule has 5 aliphatic rings. The third-order valence-corrected chi connectivity index (χ3v) is 10.2. The van der Waals surface area contributed by atoms with E-state index < -0.39 is 35.7 Å². The van der Waals surface area contributed by atoms with Crippen LogP contribution in [-0.4, -0.2) is 57.7 Å². The lowest BCUT2D eigenvalue weighted by Gasteiger charge is -2.44.